The van der Waals surface area contributed by atoms with Gasteiger partial charge in [0.1, 0.15) is 6.07 Å². The van der Waals surface area contributed by atoms with Gasteiger partial charge in [0.25, 0.3) is 0 Å². The van der Waals surface area contributed by atoms with Crippen LogP contribution in [-0.2, 0) is 11.8 Å². The lowest BCUT2D eigenvalue weighted by molar-refractivity contribution is 0.425. The van der Waals surface area contributed by atoms with E-state index in [2.05, 4.69) is 40.7 Å². The van der Waals surface area contributed by atoms with E-state index in [1.54, 1.807) is 0 Å². The monoisotopic (exact) mass is 242 g/mol. The first-order valence-corrected chi connectivity index (χ1v) is 6.82. The van der Waals surface area contributed by atoms with Crippen LogP contribution in [0.15, 0.2) is 0 Å². The molecule has 96 valence electrons. The maximum atomic E-state index is 9.49. The number of rotatable bonds is 1. The molecule has 0 aromatic carbocycles. The van der Waals surface area contributed by atoms with Gasteiger partial charge in [-0.15, -0.1) is 0 Å². The first-order chi connectivity index (χ1) is 8.38. The second kappa shape index (κ2) is 4.39. The van der Waals surface area contributed by atoms with Gasteiger partial charge in [0, 0.05) is 5.69 Å². The molecule has 0 amide bonds. The zero-order valence-electron chi connectivity index (χ0n) is 12.1. The average Bonchev–Trinajstić information content (AvgIpc) is 2.27. The van der Waals surface area contributed by atoms with Gasteiger partial charge < -0.3 is 0 Å². The van der Waals surface area contributed by atoms with Crippen molar-refractivity contribution in [1.82, 2.24) is 4.98 Å². The summed E-state index contributed by atoms with van der Waals surface area (Å²) in [6.07, 6.45) is 3.40. The molecule has 0 aliphatic heterocycles. The summed E-state index contributed by atoms with van der Waals surface area (Å²) in [5.41, 5.74) is 5.70. The summed E-state index contributed by atoms with van der Waals surface area (Å²) in [7, 11) is 0. The van der Waals surface area contributed by atoms with Gasteiger partial charge in [-0.1, -0.05) is 27.7 Å². The Hall–Kier alpha value is -1.36. The SMILES string of the molecule is Cc1nc(C(C)C)c(C#N)c2c1C(C)(C)CCC2. The molecule has 1 aliphatic carbocycles. The average molecular weight is 242 g/mol. The molecule has 0 N–H and O–H groups in total. The second-order valence-electron chi connectivity index (χ2n) is 6.31. The fourth-order valence-corrected chi connectivity index (χ4v) is 3.31. The largest absolute Gasteiger partial charge is 0.256 e. The molecule has 0 unspecified atom stereocenters. The minimum absolute atomic E-state index is 0.159. The van der Waals surface area contributed by atoms with Crippen molar-refractivity contribution in [2.24, 2.45) is 0 Å². The summed E-state index contributed by atoms with van der Waals surface area (Å²) >= 11 is 0. The van der Waals surface area contributed by atoms with Crippen molar-refractivity contribution >= 4 is 0 Å². The van der Waals surface area contributed by atoms with Gasteiger partial charge >= 0.3 is 0 Å². The highest BCUT2D eigenvalue weighted by Gasteiger charge is 2.32. The van der Waals surface area contributed by atoms with Gasteiger partial charge in [0.15, 0.2) is 0 Å². The summed E-state index contributed by atoms with van der Waals surface area (Å²) in [6, 6.07) is 2.41. The number of pyridine rings is 1. The van der Waals surface area contributed by atoms with E-state index in [1.807, 2.05) is 0 Å². The molecule has 1 aliphatic rings. The zero-order valence-corrected chi connectivity index (χ0v) is 12.1. The highest BCUT2D eigenvalue weighted by atomic mass is 14.7. The van der Waals surface area contributed by atoms with Crippen molar-refractivity contribution in [3.05, 3.63) is 28.1 Å². The van der Waals surface area contributed by atoms with Gasteiger partial charge in [-0.2, -0.15) is 5.26 Å². The van der Waals surface area contributed by atoms with Crippen LogP contribution in [0.25, 0.3) is 0 Å². The molecular weight excluding hydrogens is 220 g/mol. The Labute approximate surface area is 110 Å². The predicted molar refractivity (Wildman–Crippen MR) is 73.7 cm³/mol. The lowest BCUT2D eigenvalue weighted by atomic mass is 9.70. The Balaban J connectivity index is 2.78. The lowest BCUT2D eigenvalue weighted by Crippen LogP contribution is -2.27. The molecule has 0 atom stereocenters. The van der Waals surface area contributed by atoms with Crippen LogP contribution in [0.2, 0.25) is 0 Å². The molecule has 2 nitrogen and oxygen atoms in total. The van der Waals surface area contributed by atoms with Crippen LogP contribution >= 0.6 is 0 Å². The summed E-state index contributed by atoms with van der Waals surface area (Å²) in [5, 5.41) is 9.49. The van der Waals surface area contributed by atoms with Crippen molar-refractivity contribution in [2.45, 2.75) is 65.2 Å². The summed E-state index contributed by atoms with van der Waals surface area (Å²) < 4.78 is 0. The molecular formula is C16H22N2. The molecule has 0 bridgehead atoms. The Morgan fingerprint density at radius 3 is 2.56 bits per heavy atom. The lowest BCUT2D eigenvalue weighted by Gasteiger charge is -2.35. The topological polar surface area (TPSA) is 36.7 Å². The van der Waals surface area contributed by atoms with Crippen molar-refractivity contribution in [1.29, 1.82) is 5.26 Å². The number of hydrogen-bond donors (Lipinski definition) is 0. The highest BCUT2D eigenvalue weighted by molar-refractivity contribution is 5.52. The molecule has 1 aromatic rings. The molecule has 1 heterocycles. The van der Waals surface area contributed by atoms with Gasteiger partial charge in [0.05, 0.1) is 11.3 Å². The van der Waals surface area contributed by atoms with Crippen LogP contribution in [0.3, 0.4) is 0 Å². The normalized spacial score (nSPS) is 17.4. The second-order valence-corrected chi connectivity index (χ2v) is 6.31. The molecule has 2 heteroatoms. The standard InChI is InChI=1S/C16H22N2/c1-10(2)15-13(9-17)12-7-6-8-16(4,5)14(12)11(3)18-15/h10H,6-8H2,1-5H3. The Morgan fingerprint density at radius 1 is 1.33 bits per heavy atom. The molecule has 0 saturated heterocycles. The number of fused-ring (bicyclic) bond motifs is 1. The van der Waals surface area contributed by atoms with E-state index in [1.165, 1.54) is 24.0 Å². The van der Waals surface area contributed by atoms with Crippen molar-refractivity contribution in [3.63, 3.8) is 0 Å². The first kappa shape index (κ1) is 13.1. The van der Waals surface area contributed by atoms with Crippen molar-refractivity contribution in [3.8, 4) is 6.07 Å². The smallest absolute Gasteiger partial charge is 0.101 e. The molecule has 0 fully saturated rings. The maximum absolute atomic E-state index is 9.49. The van der Waals surface area contributed by atoms with Crippen LogP contribution in [-0.4, -0.2) is 4.98 Å². The van der Waals surface area contributed by atoms with E-state index in [0.29, 0.717) is 5.92 Å². The van der Waals surface area contributed by atoms with Gasteiger partial charge in [-0.3, -0.25) is 4.98 Å². The van der Waals surface area contributed by atoms with E-state index < -0.39 is 0 Å². The number of nitrogens with zero attached hydrogens (tertiary/aromatic N) is 2. The summed E-state index contributed by atoms with van der Waals surface area (Å²) in [6.45, 7) is 10.9. The van der Waals surface area contributed by atoms with Crippen LogP contribution in [0.1, 0.15) is 74.5 Å². The maximum Gasteiger partial charge on any atom is 0.101 e. The molecule has 18 heavy (non-hydrogen) atoms. The van der Waals surface area contributed by atoms with Crippen LogP contribution in [0.4, 0.5) is 0 Å². The number of nitriles is 1. The van der Waals surface area contributed by atoms with E-state index in [-0.39, 0.29) is 5.41 Å². The minimum Gasteiger partial charge on any atom is -0.256 e. The van der Waals surface area contributed by atoms with E-state index in [4.69, 9.17) is 4.98 Å². The Kier molecular flexibility index (Phi) is 3.19. The molecule has 1 aromatic heterocycles. The van der Waals surface area contributed by atoms with Crippen LogP contribution in [0, 0.1) is 18.3 Å². The fraction of sp³-hybridized carbons (Fsp3) is 0.625. The van der Waals surface area contributed by atoms with Crippen molar-refractivity contribution in [2.75, 3.05) is 0 Å². The van der Waals surface area contributed by atoms with E-state index in [9.17, 15) is 5.26 Å². The molecule has 0 spiro atoms. The Bertz CT molecular complexity index is 519. The van der Waals surface area contributed by atoms with Gasteiger partial charge in [-0.05, 0) is 48.6 Å². The third kappa shape index (κ3) is 1.92. The third-order valence-corrected chi connectivity index (χ3v) is 4.07. The minimum atomic E-state index is 0.159. The molecule has 0 radical (unpaired) electrons. The van der Waals surface area contributed by atoms with Gasteiger partial charge in [0.2, 0.25) is 0 Å². The number of hydrogen-bond acceptors (Lipinski definition) is 2. The highest BCUT2D eigenvalue weighted by Crippen LogP contribution is 2.40. The summed E-state index contributed by atoms with van der Waals surface area (Å²) in [5.74, 6) is 0.314. The summed E-state index contributed by atoms with van der Waals surface area (Å²) in [4.78, 5) is 4.73. The zero-order chi connectivity index (χ0) is 13.5. The van der Waals surface area contributed by atoms with Crippen molar-refractivity contribution < 1.29 is 0 Å². The molecule has 2 rings (SSSR count). The fourth-order valence-electron chi connectivity index (χ4n) is 3.31. The number of aromatic nitrogens is 1. The number of aryl methyl sites for hydroxylation is 1. The Morgan fingerprint density at radius 2 is 2.00 bits per heavy atom. The quantitative estimate of drug-likeness (QED) is 0.746. The predicted octanol–water partition coefficient (Wildman–Crippen LogP) is 4.00. The van der Waals surface area contributed by atoms with Gasteiger partial charge in [-0.25, -0.2) is 0 Å². The molecule has 0 saturated carbocycles. The van der Waals surface area contributed by atoms with Crippen LogP contribution in [0.5, 0.6) is 0 Å². The van der Waals surface area contributed by atoms with Crippen LogP contribution < -0.4 is 0 Å². The first-order valence-electron chi connectivity index (χ1n) is 6.82. The van der Waals surface area contributed by atoms with E-state index in [0.717, 1.165) is 23.4 Å². The third-order valence-electron chi connectivity index (χ3n) is 4.07. The van der Waals surface area contributed by atoms with E-state index >= 15 is 0 Å².